The van der Waals surface area contributed by atoms with Gasteiger partial charge in [-0.1, -0.05) is 11.6 Å². The van der Waals surface area contributed by atoms with Gasteiger partial charge in [0.05, 0.1) is 3.79 Å². The highest BCUT2D eigenvalue weighted by atomic mass is 79.9. The highest BCUT2D eigenvalue weighted by Gasteiger charge is 2.13. The van der Waals surface area contributed by atoms with E-state index in [0.717, 1.165) is 8.66 Å². The van der Waals surface area contributed by atoms with E-state index >= 15 is 0 Å². The van der Waals surface area contributed by atoms with E-state index in [4.69, 9.17) is 11.6 Å². The first-order valence-electron chi connectivity index (χ1n) is 5.33. The van der Waals surface area contributed by atoms with Gasteiger partial charge in [-0.15, -0.1) is 11.3 Å². The topological polar surface area (TPSA) is 59.1 Å². The van der Waals surface area contributed by atoms with E-state index in [-0.39, 0.29) is 10.0 Å². The van der Waals surface area contributed by atoms with E-state index in [2.05, 4.69) is 25.6 Å². The van der Waals surface area contributed by atoms with Gasteiger partial charge in [-0.25, -0.2) is 18.1 Å². The molecule has 2 aromatic heterocycles. The maximum Gasteiger partial charge on any atom is 0.242 e. The van der Waals surface area contributed by atoms with Crippen molar-refractivity contribution in [1.29, 1.82) is 0 Å². The summed E-state index contributed by atoms with van der Waals surface area (Å²) in [5, 5.41) is 0.266. The SMILES string of the molecule is O=S(=O)(NCCc1ccc(Br)s1)c1ccc(Cl)nc1. The minimum Gasteiger partial charge on any atom is -0.243 e. The first-order chi connectivity index (χ1) is 8.97. The third-order valence-electron chi connectivity index (χ3n) is 2.30. The molecule has 2 aromatic rings. The molecule has 0 fully saturated rings. The van der Waals surface area contributed by atoms with Gasteiger partial charge in [0.15, 0.2) is 0 Å². The number of sulfonamides is 1. The molecule has 8 heteroatoms. The van der Waals surface area contributed by atoms with Crippen LogP contribution in [0.2, 0.25) is 5.15 Å². The van der Waals surface area contributed by atoms with Crippen molar-refractivity contribution in [2.24, 2.45) is 0 Å². The number of halogens is 2. The van der Waals surface area contributed by atoms with Crippen molar-refractivity contribution in [3.63, 3.8) is 0 Å². The monoisotopic (exact) mass is 380 g/mol. The Kier molecular flexibility index (Phi) is 4.97. The predicted octanol–water partition coefficient (Wildman–Crippen LogP) is 3.08. The fourth-order valence-electron chi connectivity index (χ4n) is 1.40. The van der Waals surface area contributed by atoms with E-state index in [1.807, 2.05) is 12.1 Å². The predicted molar refractivity (Wildman–Crippen MR) is 80.2 cm³/mol. The molecule has 19 heavy (non-hydrogen) atoms. The number of rotatable bonds is 5. The highest BCUT2D eigenvalue weighted by molar-refractivity contribution is 9.11. The Bertz CT molecular complexity index is 656. The summed E-state index contributed by atoms with van der Waals surface area (Å²) in [5.74, 6) is 0. The van der Waals surface area contributed by atoms with Gasteiger partial charge in [0.25, 0.3) is 0 Å². The van der Waals surface area contributed by atoms with Crippen LogP contribution in [0.1, 0.15) is 4.88 Å². The van der Waals surface area contributed by atoms with Crippen molar-refractivity contribution in [2.75, 3.05) is 6.54 Å². The van der Waals surface area contributed by atoms with Gasteiger partial charge >= 0.3 is 0 Å². The lowest BCUT2D eigenvalue weighted by atomic mass is 10.3. The van der Waals surface area contributed by atoms with Crippen molar-refractivity contribution in [2.45, 2.75) is 11.3 Å². The summed E-state index contributed by atoms with van der Waals surface area (Å²) >= 11 is 10.6. The zero-order valence-electron chi connectivity index (χ0n) is 9.64. The van der Waals surface area contributed by atoms with E-state index in [9.17, 15) is 8.42 Å². The second-order valence-electron chi connectivity index (χ2n) is 3.67. The van der Waals surface area contributed by atoms with Crippen LogP contribution in [0.15, 0.2) is 39.1 Å². The van der Waals surface area contributed by atoms with E-state index in [0.29, 0.717) is 13.0 Å². The molecule has 0 amide bonds. The molecule has 0 saturated carbocycles. The summed E-state index contributed by atoms with van der Waals surface area (Å²) in [4.78, 5) is 4.99. The zero-order valence-corrected chi connectivity index (χ0v) is 13.6. The molecule has 2 heterocycles. The fraction of sp³-hybridized carbons (Fsp3) is 0.182. The van der Waals surface area contributed by atoms with Gasteiger partial charge in [0.1, 0.15) is 10.0 Å². The maximum atomic E-state index is 11.9. The first kappa shape index (κ1) is 14.9. The van der Waals surface area contributed by atoms with Gasteiger partial charge in [-0.2, -0.15) is 0 Å². The lowest BCUT2D eigenvalue weighted by Gasteiger charge is -2.05. The molecule has 0 spiro atoms. The minimum absolute atomic E-state index is 0.115. The van der Waals surface area contributed by atoms with E-state index in [1.54, 1.807) is 11.3 Å². The molecule has 0 aliphatic carbocycles. The van der Waals surface area contributed by atoms with E-state index in [1.165, 1.54) is 18.3 Å². The summed E-state index contributed by atoms with van der Waals surface area (Å²) < 4.78 is 27.4. The van der Waals surface area contributed by atoms with Crippen LogP contribution in [0.5, 0.6) is 0 Å². The van der Waals surface area contributed by atoms with Crippen LogP contribution in [-0.4, -0.2) is 19.9 Å². The fourth-order valence-corrected chi connectivity index (χ4v) is 3.97. The Labute approximate surface area is 129 Å². The molecule has 0 aliphatic rings. The minimum atomic E-state index is -3.52. The van der Waals surface area contributed by atoms with Crippen molar-refractivity contribution in [3.8, 4) is 0 Å². The van der Waals surface area contributed by atoms with Crippen molar-refractivity contribution in [3.05, 3.63) is 44.3 Å². The van der Waals surface area contributed by atoms with Crippen LogP contribution in [-0.2, 0) is 16.4 Å². The van der Waals surface area contributed by atoms with Crippen LogP contribution in [0.25, 0.3) is 0 Å². The molecule has 0 saturated heterocycles. The van der Waals surface area contributed by atoms with Crippen LogP contribution in [0.3, 0.4) is 0 Å². The number of thiophene rings is 1. The van der Waals surface area contributed by atoms with Crippen LogP contribution in [0, 0.1) is 0 Å². The van der Waals surface area contributed by atoms with Gasteiger partial charge in [-0.05, 0) is 46.6 Å². The average molecular weight is 382 g/mol. The number of pyridine rings is 1. The van der Waals surface area contributed by atoms with Gasteiger partial charge in [-0.3, -0.25) is 0 Å². The van der Waals surface area contributed by atoms with Crippen LogP contribution in [0.4, 0.5) is 0 Å². The van der Waals surface area contributed by atoms with Gasteiger partial charge < -0.3 is 0 Å². The molecule has 0 aliphatic heterocycles. The Morgan fingerprint density at radius 3 is 2.68 bits per heavy atom. The van der Waals surface area contributed by atoms with Crippen molar-refractivity contribution >= 4 is 48.9 Å². The molecular formula is C11H10BrClN2O2S2. The number of nitrogens with one attached hydrogen (secondary N) is 1. The molecule has 102 valence electrons. The smallest absolute Gasteiger partial charge is 0.242 e. The summed E-state index contributed by atoms with van der Waals surface area (Å²) in [6, 6.07) is 6.79. The van der Waals surface area contributed by atoms with Crippen molar-refractivity contribution in [1.82, 2.24) is 9.71 Å². The Balaban J connectivity index is 1.96. The largest absolute Gasteiger partial charge is 0.243 e. The molecule has 0 atom stereocenters. The molecule has 0 aromatic carbocycles. The second-order valence-corrected chi connectivity index (χ2v) is 8.37. The maximum absolute atomic E-state index is 11.9. The number of aromatic nitrogens is 1. The quantitative estimate of drug-likeness (QED) is 0.810. The van der Waals surface area contributed by atoms with Crippen LogP contribution >= 0.6 is 38.9 Å². The van der Waals surface area contributed by atoms with Gasteiger partial charge in [0, 0.05) is 17.6 Å². The molecule has 0 radical (unpaired) electrons. The molecule has 2 rings (SSSR count). The van der Waals surface area contributed by atoms with Gasteiger partial charge in [0.2, 0.25) is 10.0 Å². The molecule has 1 N–H and O–H groups in total. The molecule has 0 bridgehead atoms. The average Bonchev–Trinajstić information content (AvgIpc) is 2.75. The molecule has 4 nitrogen and oxygen atoms in total. The Morgan fingerprint density at radius 1 is 1.32 bits per heavy atom. The third kappa shape index (κ3) is 4.25. The van der Waals surface area contributed by atoms with E-state index < -0.39 is 10.0 Å². The zero-order chi connectivity index (χ0) is 13.9. The summed E-state index contributed by atoms with van der Waals surface area (Å²) in [7, 11) is -3.52. The summed E-state index contributed by atoms with van der Waals surface area (Å²) in [6.07, 6.45) is 1.89. The lowest BCUT2D eigenvalue weighted by Crippen LogP contribution is -2.25. The molecular weight excluding hydrogens is 372 g/mol. The number of hydrogen-bond donors (Lipinski definition) is 1. The third-order valence-corrected chi connectivity index (χ3v) is 5.66. The Morgan fingerprint density at radius 2 is 2.11 bits per heavy atom. The first-order valence-corrected chi connectivity index (χ1v) is 8.80. The number of nitrogens with zero attached hydrogens (tertiary/aromatic N) is 1. The normalized spacial score (nSPS) is 11.7. The van der Waals surface area contributed by atoms with Crippen molar-refractivity contribution < 1.29 is 8.42 Å². The summed E-state index contributed by atoms with van der Waals surface area (Å²) in [6.45, 7) is 0.345. The standard InChI is InChI=1S/C11H10BrClN2O2S2/c12-10-3-1-8(18-10)5-6-15-19(16,17)9-2-4-11(13)14-7-9/h1-4,7,15H,5-6H2. The highest BCUT2D eigenvalue weighted by Crippen LogP contribution is 2.22. The Hall–Kier alpha value is -0.470. The summed E-state index contributed by atoms with van der Waals surface area (Å²) in [5.41, 5.74) is 0. The number of hydrogen-bond acceptors (Lipinski definition) is 4. The van der Waals surface area contributed by atoms with Crippen LogP contribution < -0.4 is 4.72 Å². The second kappa shape index (κ2) is 6.32. The molecule has 0 unspecified atom stereocenters. The lowest BCUT2D eigenvalue weighted by molar-refractivity contribution is 0.581.